The first-order valence-electron chi connectivity index (χ1n) is 5.13. The molecule has 0 aliphatic heterocycles. The summed E-state index contributed by atoms with van der Waals surface area (Å²) in [5.41, 5.74) is 0. The van der Waals surface area contributed by atoms with Gasteiger partial charge in [0.25, 0.3) is 0 Å². The topological polar surface area (TPSA) is 67.6 Å². The van der Waals surface area contributed by atoms with Crippen LogP contribution in [-0.2, 0) is 23.1 Å². The van der Waals surface area contributed by atoms with Gasteiger partial charge in [-0.25, -0.2) is 4.98 Å². The number of methoxy groups -OCH3 is 1. The quantitative estimate of drug-likeness (QED) is 0.779. The standard InChI is InChI=1S/C10H16ClN3O3/c1-13-8(11)5-12-9(13)6-14(3-4-17-2)7-10(15)16/h5H,3-4,6-7H2,1-2H3,(H,15,16). The first-order chi connectivity index (χ1) is 8.04. The number of carbonyl (C=O) groups is 1. The van der Waals surface area contributed by atoms with Crippen LogP contribution in [0.3, 0.4) is 0 Å². The number of imidazole rings is 1. The second-order valence-corrected chi connectivity index (χ2v) is 4.04. The van der Waals surface area contributed by atoms with E-state index < -0.39 is 5.97 Å². The van der Waals surface area contributed by atoms with Crippen molar-refractivity contribution in [3.8, 4) is 0 Å². The second kappa shape index (κ2) is 6.58. The molecule has 17 heavy (non-hydrogen) atoms. The molecule has 0 fully saturated rings. The average Bonchev–Trinajstić information content (AvgIpc) is 2.57. The predicted molar refractivity (Wildman–Crippen MR) is 63.0 cm³/mol. The summed E-state index contributed by atoms with van der Waals surface area (Å²) < 4.78 is 6.66. The van der Waals surface area contributed by atoms with E-state index >= 15 is 0 Å². The van der Waals surface area contributed by atoms with Crippen molar-refractivity contribution >= 4 is 17.6 Å². The van der Waals surface area contributed by atoms with Gasteiger partial charge in [-0.1, -0.05) is 11.6 Å². The lowest BCUT2D eigenvalue weighted by molar-refractivity contribution is -0.138. The predicted octanol–water partition coefficient (Wildman–Crippen LogP) is 0.607. The van der Waals surface area contributed by atoms with E-state index in [0.29, 0.717) is 24.8 Å². The molecule has 1 rings (SSSR count). The van der Waals surface area contributed by atoms with E-state index in [4.69, 9.17) is 21.4 Å². The van der Waals surface area contributed by atoms with E-state index in [9.17, 15) is 4.79 Å². The van der Waals surface area contributed by atoms with Crippen molar-refractivity contribution in [1.82, 2.24) is 14.5 Å². The molecule has 96 valence electrons. The van der Waals surface area contributed by atoms with Crippen molar-refractivity contribution in [2.75, 3.05) is 26.8 Å². The van der Waals surface area contributed by atoms with Crippen molar-refractivity contribution in [1.29, 1.82) is 0 Å². The van der Waals surface area contributed by atoms with E-state index in [1.807, 2.05) is 0 Å². The number of carboxylic acid groups (broad SMARTS) is 1. The van der Waals surface area contributed by atoms with Gasteiger partial charge >= 0.3 is 5.97 Å². The minimum Gasteiger partial charge on any atom is -0.480 e. The van der Waals surface area contributed by atoms with Crippen molar-refractivity contribution < 1.29 is 14.6 Å². The summed E-state index contributed by atoms with van der Waals surface area (Å²) in [6, 6.07) is 0. The number of aromatic nitrogens is 2. The molecular formula is C10H16ClN3O3. The molecule has 0 saturated carbocycles. The maximum Gasteiger partial charge on any atom is 0.317 e. The molecule has 6 nitrogen and oxygen atoms in total. The van der Waals surface area contributed by atoms with Gasteiger partial charge in [0.1, 0.15) is 11.0 Å². The van der Waals surface area contributed by atoms with Crippen LogP contribution in [-0.4, -0.2) is 52.3 Å². The van der Waals surface area contributed by atoms with Crippen LogP contribution in [0, 0.1) is 0 Å². The number of aliphatic carboxylic acids is 1. The highest BCUT2D eigenvalue weighted by atomic mass is 35.5. The van der Waals surface area contributed by atoms with E-state index in [-0.39, 0.29) is 6.54 Å². The first kappa shape index (κ1) is 14.0. The van der Waals surface area contributed by atoms with E-state index in [2.05, 4.69) is 4.98 Å². The van der Waals surface area contributed by atoms with Gasteiger partial charge < -0.3 is 14.4 Å². The smallest absolute Gasteiger partial charge is 0.317 e. The van der Waals surface area contributed by atoms with Gasteiger partial charge in [0.15, 0.2) is 0 Å². The molecule has 0 radical (unpaired) electrons. The fraction of sp³-hybridized carbons (Fsp3) is 0.600. The van der Waals surface area contributed by atoms with Crippen LogP contribution in [0.1, 0.15) is 5.82 Å². The lowest BCUT2D eigenvalue weighted by Crippen LogP contribution is -2.33. The lowest BCUT2D eigenvalue weighted by Gasteiger charge is -2.19. The summed E-state index contributed by atoms with van der Waals surface area (Å²) in [7, 11) is 3.37. The molecule has 7 heteroatoms. The number of ether oxygens (including phenoxy) is 1. The molecule has 0 saturated heterocycles. The van der Waals surface area contributed by atoms with E-state index in [0.717, 1.165) is 5.82 Å². The molecule has 1 aromatic rings. The summed E-state index contributed by atoms with van der Waals surface area (Å²) in [5.74, 6) is -0.145. The monoisotopic (exact) mass is 261 g/mol. The Hall–Kier alpha value is -1.11. The third-order valence-corrected chi connectivity index (χ3v) is 2.71. The van der Waals surface area contributed by atoms with Crippen LogP contribution in [0.25, 0.3) is 0 Å². The number of hydrogen-bond acceptors (Lipinski definition) is 4. The highest BCUT2D eigenvalue weighted by molar-refractivity contribution is 6.29. The Kier molecular flexibility index (Phi) is 5.40. The molecule has 0 amide bonds. The molecule has 0 unspecified atom stereocenters. The van der Waals surface area contributed by atoms with Crippen LogP contribution in [0.15, 0.2) is 6.20 Å². The maximum absolute atomic E-state index is 10.7. The highest BCUT2D eigenvalue weighted by Gasteiger charge is 2.13. The third-order valence-electron chi connectivity index (χ3n) is 2.36. The lowest BCUT2D eigenvalue weighted by atomic mass is 10.4. The van der Waals surface area contributed by atoms with Gasteiger partial charge in [-0.2, -0.15) is 0 Å². The third kappa shape index (κ3) is 4.33. The van der Waals surface area contributed by atoms with Crippen molar-refractivity contribution in [2.24, 2.45) is 7.05 Å². The van der Waals surface area contributed by atoms with Gasteiger partial charge in [-0.05, 0) is 0 Å². The number of halogens is 1. The number of hydrogen-bond donors (Lipinski definition) is 1. The molecule has 0 aliphatic rings. The van der Waals surface area contributed by atoms with Crippen molar-refractivity contribution in [2.45, 2.75) is 6.54 Å². The van der Waals surface area contributed by atoms with Gasteiger partial charge in [0.05, 0.1) is 25.9 Å². The molecule has 0 aliphatic carbocycles. The molecule has 0 atom stereocenters. The number of rotatable bonds is 7. The summed E-state index contributed by atoms with van der Waals surface area (Å²) >= 11 is 5.86. The van der Waals surface area contributed by atoms with Gasteiger partial charge in [-0.3, -0.25) is 9.69 Å². The van der Waals surface area contributed by atoms with Crippen molar-refractivity contribution in [3.63, 3.8) is 0 Å². The maximum atomic E-state index is 10.7. The Morgan fingerprint density at radius 2 is 2.41 bits per heavy atom. The molecule has 0 spiro atoms. The Bertz CT molecular complexity index is 381. The molecule has 1 heterocycles. The Labute approximate surface area is 105 Å². The molecular weight excluding hydrogens is 246 g/mol. The van der Waals surface area contributed by atoms with Crippen LogP contribution in [0.5, 0.6) is 0 Å². The van der Waals surface area contributed by atoms with Crippen LogP contribution in [0.4, 0.5) is 0 Å². The Morgan fingerprint density at radius 1 is 1.71 bits per heavy atom. The summed E-state index contributed by atoms with van der Waals surface area (Å²) in [6.45, 7) is 1.39. The molecule has 0 bridgehead atoms. The fourth-order valence-corrected chi connectivity index (χ4v) is 1.54. The first-order valence-corrected chi connectivity index (χ1v) is 5.51. The van der Waals surface area contributed by atoms with Gasteiger partial charge in [0.2, 0.25) is 0 Å². The van der Waals surface area contributed by atoms with E-state index in [1.165, 1.54) is 0 Å². The molecule has 1 aromatic heterocycles. The minimum atomic E-state index is -0.874. The van der Waals surface area contributed by atoms with Crippen LogP contribution in [0.2, 0.25) is 5.15 Å². The molecule has 1 N–H and O–H groups in total. The summed E-state index contributed by atoms with van der Waals surface area (Å²) in [6.07, 6.45) is 1.55. The zero-order chi connectivity index (χ0) is 12.8. The van der Waals surface area contributed by atoms with Crippen LogP contribution < -0.4 is 0 Å². The Morgan fingerprint density at radius 3 is 2.88 bits per heavy atom. The normalized spacial score (nSPS) is 11.1. The number of nitrogens with zero attached hydrogens (tertiary/aromatic N) is 3. The van der Waals surface area contributed by atoms with Gasteiger partial charge in [0, 0.05) is 20.7 Å². The SMILES string of the molecule is COCCN(CC(=O)O)Cc1ncc(Cl)n1C. The zero-order valence-corrected chi connectivity index (χ0v) is 10.6. The average molecular weight is 262 g/mol. The second-order valence-electron chi connectivity index (χ2n) is 3.65. The Balaban J connectivity index is 2.64. The summed E-state index contributed by atoms with van der Waals surface area (Å²) in [5, 5.41) is 9.33. The summed E-state index contributed by atoms with van der Waals surface area (Å²) in [4.78, 5) is 16.6. The van der Waals surface area contributed by atoms with E-state index in [1.54, 1.807) is 29.8 Å². The fourth-order valence-electron chi connectivity index (χ4n) is 1.40. The number of carboxylic acids is 1. The van der Waals surface area contributed by atoms with Crippen LogP contribution >= 0.6 is 11.6 Å². The van der Waals surface area contributed by atoms with Gasteiger partial charge in [-0.15, -0.1) is 0 Å². The highest BCUT2D eigenvalue weighted by Crippen LogP contribution is 2.10. The molecule has 0 aromatic carbocycles. The minimum absolute atomic E-state index is 0.0478. The largest absolute Gasteiger partial charge is 0.480 e. The zero-order valence-electron chi connectivity index (χ0n) is 9.89. The van der Waals surface area contributed by atoms with Crippen molar-refractivity contribution in [3.05, 3.63) is 17.2 Å².